The summed E-state index contributed by atoms with van der Waals surface area (Å²) in [5, 5.41) is 3.34. The fraction of sp³-hybridized carbons (Fsp3) is 0.647. The number of nitrogens with one attached hydrogen (secondary N) is 1. The predicted molar refractivity (Wildman–Crippen MR) is 86.5 cm³/mol. The van der Waals surface area contributed by atoms with Crippen LogP contribution in [0.5, 0.6) is 0 Å². The molecule has 4 heteroatoms. The maximum atomic E-state index is 12.9. The van der Waals surface area contributed by atoms with E-state index in [2.05, 4.69) is 31.1 Å². The summed E-state index contributed by atoms with van der Waals surface area (Å²) in [5.41, 5.74) is 1.62. The van der Waals surface area contributed by atoms with Gasteiger partial charge in [-0.1, -0.05) is 20.8 Å². The van der Waals surface area contributed by atoms with Gasteiger partial charge in [0.2, 0.25) is 0 Å². The zero-order valence-electron chi connectivity index (χ0n) is 13.4. The normalized spacial score (nSPS) is 14.3. The van der Waals surface area contributed by atoms with Gasteiger partial charge in [0.25, 0.3) is 5.91 Å². The van der Waals surface area contributed by atoms with Gasteiger partial charge in [0.1, 0.15) is 0 Å². The van der Waals surface area contributed by atoms with Crippen molar-refractivity contribution < 1.29 is 4.79 Å². The van der Waals surface area contributed by atoms with Gasteiger partial charge in [0, 0.05) is 31.5 Å². The average Bonchev–Trinajstić information content (AvgIpc) is 3.30. The molecule has 0 spiro atoms. The molecule has 1 N–H and O–H groups in total. The lowest BCUT2D eigenvalue weighted by atomic mass is 10.1. The van der Waals surface area contributed by atoms with Gasteiger partial charge in [-0.2, -0.15) is 0 Å². The van der Waals surface area contributed by atoms with Crippen LogP contribution in [0.1, 0.15) is 56.8 Å². The van der Waals surface area contributed by atoms with E-state index in [1.807, 2.05) is 11.0 Å². The summed E-state index contributed by atoms with van der Waals surface area (Å²) in [7, 11) is 0. The smallest absolute Gasteiger partial charge is 0.257 e. The monoisotopic (exact) mass is 289 g/mol. The summed E-state index contributed by atoms with van der Waals surface area (Å²) in [6.45, 7) is 8.25. The number of carbonyl (C=O) groups is 1. The molecule has 1 amide bonds. The first-order valence-electron chi connectivity index (χ1n) is 8.12. The molecule has 0 aliphatic heterocycles. The Labute approximate surface area is 127 Å². The summed E-state index contributed by atoms with van der Waals surface area (Å²) in [6, 6.07) is 2.34. The topological polar surface area (TPSA) is 45.2 Å². The predicted octanol–water partition coefficient (Wildman–Crippen LogP) is 3.55. The summed E-state index contributed by atoms with van der Waals surface area (Å²) >= 11 is 0. The van der Waals surface area contributed by atoms with Gasteiger partial charge >= 0.3 is 0 Å². The van der Waals surface area contributed by atoms with Gasteiger partial charge < -0.3 is 10.2 Å². The second-order valence-corrected chi connectivity index (χ2v) is 6.26. The summed E-state index contributed by atoms with van der Waals surface area (Å²) in [6.07, 6.45) is 7.81. The largest absolute Gasteiger partial charge is 0.384 e. The molecule has 1 aromatic rings. The molecule has 0 aromatic carbocycles. The molecule has 1 aliphatic rings. The van der Waals surface area contributed by atoms with Crippen molar-refractivity contribution in [2.75, 3.05) is 18.4 Å². The third-order valence-corrected chi connectivity index (χ3v) is 3.81. The van der Waals surface area contributed by atoms with Crippen molar-refractivity contribution in [2.45, 2.75) is 52.5 Å². The summed E-state index contributed by atoms with van der Waals surface area (Å²) in [4.78, 5) is 19.1. The van der Waals surface area contributed by atoms with Crippen LogP contribution in [0.2, 0.25) is 0 Å². The van der Waals surface area contributed by atoms with Crippen molar-refractivity contribution in [3.05, 3.63) is 24.0 Å². The first-order valence-corrected chi connectivity index (χ1v) is 8.12. The fourth-order valence-electron chi connectivity index (χ4n) is 2.37. The number of nitrogens with zero attached hydrogens (tertiary/aromatic N) is 2. The Balaban J connectivity index is 2.12. The Morgan fingerprint density at radius 2 is 2.24 bits per heavy atom. The van der Waals surface area contributed by atoms with Gasteiger partial charge in [-0.25, -0.2) is 0 Å². The van der Waals surface area contributed by atoms with Crippen molar-refractivity contribution in [1.82, 2.24) is 9.88 Å². The van der Waals surface area contributed by atoms with E-state index >= 15 is 0 Å². The van der Waals surface area contributed by atoms with Crippen LogP contribution in [0.3, 0.4) is 0 Å². The lowest BCUT2D eigenvalue weighted by molar-refractivity contribution is 0.0736. The van der Waals surface area contributed by atoms with E-state index in [1.54, 1.807) is 12.4 Å². The van der Waals surface area contributed by atoms with Crippen LogP contribution in [-0.4, -0.2) is 34.9 Å². The van der Waals surface area contributed by atoms with Crippen molar-refractivity contribution >= 4 is 11.6 Å². The van der Waals surface area contributed by atoms with E-state index < -0.39 is 0 Å². The van der Waals surface area contributed by atoms with E-state index in [-0.39, 0.29) is 5.91 Å². The molecule has 4 nitrogen and oxygen atoms in total. The Bertz CT molecular complexity index is 469. The highest BCUT2D eigenvalue weighted by atomic mass is 16.2. The Morgan fingerprint density at radius 1 is 1.48 bits per heavy atom. The molecule has 2 rings (SSSR count). The van der Waals surface area contributed by atoms with E-state index in [9.17, 15) is 4.79 Å². The molecule has 0 saturated heterocycles. The van der Waals surface area contributed by atoms with Crippen LogP contribution in [0.25, 0.3) is 0 Å². The SMILES string of the molecule is CCCNc1ccncc1C(=O)N(CCC(C)C)C1CC1. The Kier molecular flexibility index (Phi) is 5.59. The molecule has 0 atom stereocenters. The lowest BCUT2D eigenvalue weighted by Gasteiger charge is -2.24. The standard InChI is InChI=1S/C17H27N3O/c1-4-9-19-16-7-10-18-12-15(16)17(21)20(14-5-6-14)11-8-13(2)3/h7,10,12-14H,4-6,8-9,11H2,1-3H3,(H,18,19). The molecule has 1 aliphatic carbocycles. The average molecular weight is 289 g/mol. The van der Waals surface area contributed by atoms with Crippen molar-refractivity contribution in [2.24, 2.45) is 5.92 Å². The molecule has 21 heavy (non-hydrogen) atoms. The minimum Gasteiger partial charge on any atom is -0.384 e. The van der Waals surface area contributed by atoms with Crippen LogP contribution in [0.4, 0.5) is 5.69 Å². The maximum absolute atomic E-state index is 12.9. The first-order chi connectivity index (χ1) is 10.1. The number of rotatable bonds is 8. The van der Waals surface area contributed by atoms with Gasteiger partial charge in [0.05, 0.1) is 11.3 Å². The van der Waals surface area contributed by atoms with Crippen LogP contribution in [-0.2, 0) is 0 Å². The fourth-order valence-corrected chi connectivity index (χ4v) is 2.37. The maximum Gasteiger partial charge on any atom is 0.257 e. The number of aromatic nitrogens is 1. The lowest BCUT2D eigenvalue weighted by Crippen LogP contribution is -2.35. The molecule has 0 radical (unpaired) electrons. The third kappa shape index (κ3) is 4.45. The van der Waals surface area contributed by atoms with Gasteiger partial charge in [-0.3, -0.25) is 9.78 Å². The number of amides is 1. The molecular weight excluding hydrogens is 262 g/mol. The van der Waals surface area contributed by atoms with E-state index in [4.69, 9.17) is 0 Å². The zero-order chi connectivity index (χ0) is 15.2. The molecule has 0 unspecified atom stereocenters. The summed E-state index contributed by atoms with van der Waals surface area (Å²) in [5.74, 6) is 0.746. The summed E-state index contributed by atoms with van der Waals surface area (Å²) < 4.78 is 0. The highest BCUT2D eigenvalue weighted by molar-refractivity contribution is 5.99. The van der Waals surface area contributed by atoms with E-state index in [0.29, 0.717) is 17.5 Å². The molecule has 1 saturated carbocycles. The van der Waals surface area contributed by atoms with Crippen molar-refractivity contribution in [3.63, 3.8) is 0 Å². The van der Waals surface area contributed by atoms with E-state index in [0.717, 1.165) is 44.5 Å². The highest BCUT2D eigenvalue weighted by Crippen LogP contribution is 2.30. The number of carbonyl (C=O) groups excluding carboxylic acids is 1. The minimum atomic E-state index is 0.129. The molecule has 1 heterocycles. The van der Waals surface area contributed by atoms with Crippen LogP contribution in [0, 0.1) is 5.92 Å². The quantitative estimate of drug-likeness (QED) is 0.796. The van der Waals surface area contributed by atoms with Crippen LogP contribution in [0.15, 0.2) is 18.5 Å². The molecule has 1 aromatic heterocycles. The number of hydrogen-bond donors (Lipinski definition) is 1. The molecule has 0 bridgehead atoms. The second-order valence-electron chi connectivity index (χ2n) is 6.26. The van der Waals surface area contributed by atoms with Gasteiger partial charge in [0.15, 0.2) is 0 Å². The Morgan fingerprint density at radius 3 is 2.86 bits per heavy atom. The zero-order valence-corrected chi connectivity index (χ0v) is 13.4. The first kappa shape index (κ1) is 15.8. The van der Waals surface area contributed by atoms with Gasteiger partial charge in [-0.05, 0) is 37.7 Å². The number of pyridine rings is 1. The molecular formula is C17H27N3O. The third-order valence-electron chi connectivity index (χ3n) is 3.81. The molecule has 116 valence electrons. The van der Waals surface area contributed by atoms with Gasteiger partial charge in [-0.15, -0.1) is 0 Å². The number of hydrogen-bond acceptors (Lipinski definition) is 3. The second kappa shape index (κ2) is 7.43. The highest BCUT2D eigenvalue weighted by Gasteiger charge is 2.33. The van der Waals surface area contributed by atoms with Crippen molar-refractivity contribution in [3.8, 4) is 0 Å². The minimum absolute atomic E-state index is 0.129. The van der Waals surface area contributed by atoms with Crippen LogP contribution < -0.4 is 5.32 Å². The van der Waals surface area contributed by atoms with Crippen molar-refractivity contribution in [1.29, 1.82) is 0 Å². The number of anilines is 1. The van der Waals surface area contributed by atoms with E-state index in [1.165, 1.54) is 0 Å². The molecule has 1 fully saturated rings. The van der Waals surface area contributed by atoms with Crippen LogP contribution >= 0.6 is 0 Å². The Hall–Kier alpha value is -1.58.